The van der Waals surface area contributed by atoms with E-state index >= 15 is 0 Å². The van der Waals surface area contributed by atoms with Gasteiger partial charge in [-0.15, -0.1) is 0 Å². The number of ether oxygens (including phenoxy) is 2. The van der Waals surface area contributed by atoms with E-state index < -0.39 is 0 Å². The SMILES string of the molecule is Clc1ccc(OCCOc2ccccc2)c2ccccc12. The Labute approximate surface area is 128 Å². The number of rotatable bonds is 5. The Bertz CT molecular complexity index is 726. The van der Waals surface area contributed by atoms with Crippen LogP contribution in [0.5, 0.6) is 11.5 Å². The maximum atomic E-state index is 6.19. The van der Waals surface area contributed by atoms with E-state index in [4.69, 9.17) is 21.1 Å². The minimum absolute atomic E-state index is 0.487. The van der Waals surface area contributed by atoms with Gasteiger partial charge in [0.2, 0.25) is 0 Å². The van der Waals surface area contributed by atoms with Gasteiger partial charge in [0.15, 0.2) is 0 Å². The molecule has 0 aromatic heterocycles. The van der Waals surface area contributed by atoms with E-state index in [0.717, 1.165) is 27.3 Å². The van der Waals surface area contributed by atoms with Crippen LogP contribution in [0.15, 0.2) is 66.7 Å². The Morgan fingerprint density at radius 1 is 0.667 bits per heavy atom. The summed E-state index contributed by atoms with van der Waals surface area (Å²) in [6.07, 6.45) is 0. The second-order valence-electron chi connectivity index (χ2n) is 4.60. The molecule has 0 saturated carbocycles. The first kappa shape index (κ1) is 13.8. The van der Waals surface area contributed by atoms with Crippen LogP contribution in [0, 0.1) is 0 Å². The molecule has 21 heavy (non-hydrogen) atoms. The van der Waals surface area contributed by atoms with Crippen LogP contribution < -0.4 is 9.47 Å². The minimum Gasteiger partial charge on any atom is -0.490 e. The lowest BCUT2D eigenvalue weighted by Crippen LogP contribution is -2.09. The maximum Gasteiger partial charge on any atom is 0.127 e. The summed E-state index contributed by atoms with van der Waals surface area (Å²) in [6, 6.07) is 21.4. The average molecular weight is 299 g/mol. The predicted octanol–water partition coefficient (Wildman–Crippen LogP) is 4.95. The molecule has 3 heteroatoms. The molecule has 106 valence electrons. The smallest absolute Gasteiger partial charge is 0.127 e. The summed E-state index contributed by atoms with van der Waals surface area (Å²) in [5.74, 6) is 1.67. The van der Waals surface area contributed by atoms with E-state index in [2.05, 4.69) is 0 Å². The number of fused-ring (bicyclic) bond motifs is 1. The highest BCUT2D eigenvalue weighted by molar-refractivity contribution is 6.35. The third-order valence-corrected chi connectivity index (χ3v) is 3.51. The molecule has 0 aliphatic heterocycles. The summed E-state index contributed by atoms with van der Waals surface area (Å²) in [5.41, 5.74) is 0. The van der Waals surface area contributed by atoms with Crippen molar-refractivity contribution >= 4 is 22.4 Å². The number of para-hydroxylation sites is 1. The van der Waals surface area contributed by atoms with Crippen molar-refractivity contribution in [2.45, 2.75) is 0 Å². The fraction of sp³-hybridized carbons (Fsp3) is 0.111. The van der Waals surface area contributed by atoms with Crippen LogP contribution in [-0.2, 0) is 0 Å². The van der Waals surface area contributed by atoms with Crippen molar-refractivity contribution in [3.8, 4) is 11.5 Å². The first-order valence-electron chi connectivity index (χ1n) is 6.82. The molecule has 3 aromatic rings. The molecule has 0 aliphatic carbocycles. The van der Waals surface area contributed by atoms with Crippen molar-refractivity contribution in [3.05, 3.63) is 71.8 Å². The molecular formula is C18H15ClO2. The minimum atomic E-state index is 0.487. The average Bonchev–Trinajstić information content (AvgIpc) is 2.55. The molecule has 0 bridgehead atoms. The molecule has 0 heterocycles. The van der Waals surface area contributed by atoms with Gasteiger partial charge in [-0.2, -0.15) is 0 Å². The second kappa shape index (κ2) is 6.51. The molecule has 2 nitrogen and oxygen atoms in total. The van der Waals surface area contributed by atoms with Gasteiger partial charge in [-0.1, -0.05) is 54.1 Å². The van der Waals surface area contributed by atoms with Crippen LogP contribution in [0.2, 0.25) is 5.02 Å². The largest absolute Gasteiger partial charge is 0.490 e. The van der Waals surface area contributed by atoms with Crippen LogP contribution in [0.1, 0.15) is 0 Å². The zero-order valence-corrected chi connectivity index (χ0v) is 12.2. The van der Waals surface area contributed by atoms with Crippen LogP contribution >= 0.6 is 11.6 Å². The molecule has 0 saturated heterocycles. The standard InChI is InChI=1S/C18H15ClO2/c19-17-10-11-18(16-9-5-4-8-15(16)17)21-13-12-20-14-6-2-1-3-7-14/h1-11H,12-13H2. The molecule has 0 unspecified atom stereocenters. The number of hydrogen-bond donors (Lipinski definition) is 0. The summed E-state index contributed by atoms with van der Waals surface area (Å²) < 4.78 is 11.4. The normalized spacial score (nSPS) is 10.5. The zero-order valence-electron chi connectivity index (χ0n) is 11.5. The van der Waals surface area contributed by atoms with Crippen molar-refractivity contribution in [1.82, 2.24) is 0 Å². The third-order valence-electron chi connectivity index (χ3n) is 3.18. The van der Waals surface area contributed by atoms with E-state index in [9.17, 15) is 0 Å². The Morgan fingerprint density at radius 2 is 1.33 bits per heavy atom. The number of hydrogen-bond acceptors (Lipinski definition) is 2. The molecule has 0 aliphatic rings. The summed E-state index contributed by atoms with van der Waals surface area (Å²) in [7, 11) is 0. The van der Waals surface area contributed by atoms with Crippen LogP contribution in [0.3, 0.4) is 0 Å². The lowest BCUT2D eigenvalue weighted by molar-refractivity contribution is 0.219. The molecular weight excluding hydrogens is 284 g/mol. The van der Waals surface area contributed by atoms with E-state index in [1.54, 1.807) is 0 Å². The molecule has 0 N–H and O–H groups in total. The lowest BCUT2D eigenvalue weighted by atomic mass is 10.1. The maximum absolute atomic E-state index is 6.19. The van der Waals surface area contributed by atoms with Crippen LogP contribution in [0.4, 0.5) is 0 Å². The van der Waals surface area contributed by atoms with Gasteiger partial charge in [0.25, 0.3) is 0 Å². The van der Waals surface area contributed by atoms with Crippen LogP contribution in [-0.4, -0.2) is 13.2 Å². The molecule has 3 aromatic carbocycles. The molecule has 3 rings (SSSR count). The van der Waals surface area contributed by atoms with Crippen LogP contribution in [0.25, 0.3) is 10.8 Å². The van der Waals surface area contributed by atoms with Gasteiger partial charge in [-0.25, -0.2) is 0 Å². The quantitative estimate of drug-likeness (QED) is 0.620. The Balaban J connectivity index is 1.65. The number of halogens is 1. The van der Waals surface area contributed by atoms with Gasteiger partial charge in [0, 0.05) is 15.8 Å². The Kier molecular flexibility index (Phi) is 4.27. The fourth-order valence-corrected chi connectivity index (χ4v) is 2.42. The molecule has 0 atom stereocenters. The Morgan fingerprint density at radius 3 is 2.14 bits per heavy atom. The van der Waals surface area contributed by atoms with Crippen molar-refractivity contribution in [3.63, 3.8) is 0 Å². The number of benzene rings is 3. The third kappa shape index (κ3) is 3.29. The van der Waals surface area contributed by atoms with Gasteiger partial charge in [-0.3, -0.25) is 0 Å². The lowest BCUT2D eigenvalue weighted by Gasteiger charge is -2.11. The summed E-state index contributed by atoms with van der Waals surface area (Å²) in [5, 5.41) is 2.75. The van der Waals surface area contributed by atoms with E-state index in [-0.39, 0.29) is 0 Å². The summed E-state index contributed by atoms with van der Waals surface area (Å²) in [4.78, 5) is 0. The highest BCUT2D eigenvalue weighted by Crippen LogP contribution is 2.31. The molecule has 0 spiro atoms. The molecule has 0 radical (unpaired) electrons. The van der Waals surface area contributed by atoms with Gasteiger partial charge in [0.05, 0.1) is 0 Å². The van der Waals surface area contributed by atoms with E-state index in [1.165, 1.54) is 0 Å². The van der Waals surface area contributed by atoms with Crippen molar-refractivity contribution in [2.24, 2.45) is 0 Å². The molecule has 0 fully saturated rings. The van der Waals surface area contributed by atoms with E-state index in [0.29, 0.717) is 13.2 Å². The van der Waals surface area contributed by atoms with Gasteiger partial charge >= 0.3 is 0 Å². The highest BCUT2D eigenvalue weighted by atomic mass is 35.5. The first-order chi connectivity index (χ1) is 10.3. The Hall–Kier alpha value is -2.19. The topological polar surface area (TPSA) is 18.5 Å². The monoisotopic (exact) mass is 298 g/mol. The zero-order chi connectivity index (χ0) is 14.5. The van der Waals surface area contributed by atoms with Gasteiger partial charge in [-0.05, 0) is 24.3 Å². The predicted molar refractivity (Wildman–Crippen MR) is 86.4 cm³/mol. The van der Waals surface area contributed by atoms with E-state index in [1.807, 2.05) is 66.7 Å². The molecule has 0 amide bonds. The van der Waals surface area contributed by atoms with Crippen molar-refractivity contribution in [1.29, 1.82) is 0 Å². The van der Waals surface area contributed by atoms with Gasteiger partial charge in [0.1, 0.15) is 24.7 Å². The fourth-order valence-electron chi connectivity index (χ4n) is 2.19. The highest BCUT2D eigenvalue weighted by Gasteiger charge is 2.05. The first-order valence-corrected chi connectivity index (χ1v) is 7.20. The van der Waals surface area contributed by atoms with Crippen molar-refractivity contribution < 1.29 is 9.47 Å². The second-order valence-corrected chi connectivity index (χ2v) is 5.01. The summed E-state index contributed by atoms with van der Waals surface area (Å²) in [6.45, 7) is 0.988. The van der Waals surface area contributed by atoms with Gasteiger partial charge < -0.3 is 9.47 Å². The summed E-state index contributed by atoms with van der Waals surface area (Å²) >= 11 is 6.19. The van der Waals surface area contributed by atoms with Crippen molar-refractivity contribution in [2.75, 3.05) is 13.2 Å².